The van der Waals surface area contributed by atoms with Crippen LogP contribution in [-0.4, -0.2) is 54.2 Å². The Hall–Kier alpha value is 0.0569. The fourth-order valence-corrected chi connectivity index (χ4v) is 4.81. The SMILES string of the molecule is CCCCCN1CCCC1C[Si](OC)(OC)OC. The molecule has 5 heteroatoms. The van der Waals surface area contributed by atoms with Gasteiger partial charge in [0.05, 0.1) is 0 Å². The standard InChI is InChI=1S/C13H29NO3Si/c1-5-6-7-10-14-11-8-9-13(14)12-18(15-2,16-3)17-4/h13H,5-12H2,1-4H3. The van der Waals surface area contributed by atoms with Gasteiger partial charge in [-0.15, -0.1) is 0 Å². The maximum Gasteiger partial charge on any atom is 0.501 e. The monoisotopic (exact) mass is 275 g/mol. The fraction of sp³-hybridized carbons (Fsp3) is 1.00. The minimum atomic E-state index is -2.41. The van der Waals surface area contributed by atoms with Gasteiger partial charge >= 0.3 is 8.80 Å². The minimum Gasteiger partial charge on any atom is -0.377 e. The first-order chi connectivity index (χ1) is 8.71. The average molecular weight is 275 g/mol. The van der Waals surface area contributed by atoms with Crippen molar-refractivity contribution in [1.29, 1.82) is 0 Å². The molecule has 1 fully saturated rings. The summed E-state index contributed by atoms with van der Waals surface area (Å²) in [6, 6.07) is 1.50. The molecule has 1 heterocycles. The van der Waals surface area contributed by atoms with Crippen molar-refractivity contribution in [3.8, 4) is 0 Å². The molecule has 0 aliphatic carbocycles. The Morgan fingerprint density at radius 1 is 1.11 bits per heavy atom. The van der Waals surface area contributed by atoms with Crippen LogP contribution in [0.3, 0.4) is 0 Å². The first-order valence-electron chi connectivity index (χ1n) is 7.10. The van der Waals surface area contributed by atoms with Crippen molar-refractivity contribution < 1.29 is 13.3 Å². The Morgan fingerprint density at radius 2 is 1.78 bits per heavy atom. The molecule has 0 N–H and O–H groups in total. The number of unbranched alkanes of at least 4 members (excludes halogenated alkanes) is 2. The molecular weight excluding hydrogens is 246 g/mol. The highest BCUT2D eigenvalue weighted by Crippen LogP contribution is 2.27. The lowest BCUT2D eigenvalue weighted by molar-refractivity contribution is 0.112. The molecule has 4 nitrogen and oxygen atoms in total. The molecule has 1 atom stereocenters. The van der Waals surface area contributed by atoms with Gasteiger partial charge in [-0.25, -0.2) is 0 Å². The van der Waals surface area contributed by atoms with Crippen molar-refractivity contribution in [1.82, 2.24) is 4.90 Å². The van der Waals surface area contributed by atoms with Gasteiger partial charge in [-0.3, -0.25) is 0 Å². The van der Waals surface area contributed by atoms with Crippen LogP contribution in [-0.2, 0) is 13.3 Å². The van der Waals surface area contributed by atoms with Gasteiger partial charge in [0.25, 0.3) is 0 Å². The Balaban J connectivity index is 2.47. The molecule has 1 unspecified atom stereocenters. The van der Waals surface area contributed by atoms with Gasteiger partial charge in [0, 0.05) is 33.4 Å². The van der Waals surface area contributed by atoms with Crippen LogP contribution in [0, 0.1) is 0 Å². The molecule has 0 bridgehead atoms. The number of hydrogen-bond acceptors (Lipinski definition) is 4. The lowest BCUT2D eigenvalue weighted by Crippen LogP contribution is -2.48. The zero-order valence-electron chi connectivity index (χ0n) is 12.4. The third kappa shape index (κ3) is 4.31. The van der Waals surface area contributed by atoms with Crippen molar-refractivity contribution in [2.24, 2.45) is 0 Å². The molecule has 1 aliphatic heterocycles. The van der Waals surface area contributed by atoms with Crippen LogP contribution in [0.1, 0.15) is 39.0 Å². The highest BCUT2D eigenvalue weighted by molar-refractivity contribution is 6.60. The van der Waals surface area contributed by atoms with Gasteiger partial charge < -0.3 is 18.2 Å². The van der Waals surface area contributed by atoms with Crippen LogP contribution < -0.4 is 0 Å². The molecule has 0 aromatic rings. The maximum absolute atomic E-state index is 5.54. The van der Waals surface area contributed by atoms with E-state index in [1.807, 2.05) is 0 Å². The summed E-state index contributed by atoms with van der Waals surface area (Å²) in [5, 5.41) is 0. The van der Waals surface area contributed by atoms with E-state index in [-0.39, 0.29) is 0 Å². The highest BCUT2D eigenvalue weighted by atomic mass is 28.4. The van der Waals surface area contributed by atoms with Crippen molar-refractivity contribution in [3.05, 3.63) is 0 Å². The first kappa shape index (κ1) is 16.1. The summed E-state index contributed by atoms with van der Waals surface area (Å²) in [7, 11) is 2.70. The van der Waals surface area contributed by atoms with Crippen LogP contribution in [0.5, 0.6) is 0 Å². The van der Waals surface area contributed by atoms with Crippen LogP contribution in [0.25, 0.3) is 0 Å². The summed E-state index contributed by atoms with van der Waals surface area (Å²) in [6.45, 7) is 4.68. The van der Waals surface area contributed by atoms with Crippen LogP contribution in [0.4, 0.5) is 0 Å². The molecule has 0 spiro atoms. The van der Waals surface area contributed by atoms with E-state index in [0.717, 1.165) is 6.04 Å². The van der Waals surface area contributed by atoms with Gasteiger partial charge in [-0.05, 0) is 32.4 Å². The van der Waals surface area contributed by atoms with E-state index in [4.69, 9.17) is 13.3 Å². The number of hydrogen-bond donors (Lipinski definition) is 0. The van der Waals surface area contributed by atoms with Crippen LogP contribution in [0.15, 0.2) is 0 Å². The average Bonchev–Trinajstić information content (AvgIpc) is 2.84. The van der Waals surface area contributed by atoms with Crippen molar-refractivity contribution in [3.63, 3.8) is 0 Å². The van der Waals surface area contributed by atoms with E-state index >= 15 is 0 Å². The fourth-order valence-electron chi connectivity index (χ4n) is 2.77. The molecule has 0 amide bonds. The lowest BCUT2D eigenvalue weighted by atomic mass is 10.2. The molecule has 1 saturated heterocycles. The Labute approximate surface area is 113 Å². The molecule has 18 heavy (non-hydrogen) atoms. The molecule has 0 saturated carbocycles. The summed E-state index contributed by atoms with van der Waals surface area (Å²) in [4.78, 5) is 2.59. The lowest BCUT2D eigenvalue weighted by Gasteiger charge is -2.31. The summed E-state index contributed by atoms with van der Waals surface area (Å²) in [5.41, 5.74) is 0. The summed E-state index contributed by atoms with van der Waals surface area (Å²) < 4.78 is 16.6. The molecule has 1 aliphatic rings. The molecule has 0 radical (unpaired) electrons. The molecule has 0 aromatic carbocycles. The van der Waals surface area contributed by atoms with E-state index in [2.05, 4.69) is 11.8 Å². The summed E-state index contributed by atoms with van der Waals surface area (Å²) in [6.07, 6.45) is 6.44. The van der Waals surface area contributed by atoms with E-state index in [9.17, 15) is 0 Å². The third-order valence-electron chi connectivity index (χ3n) is 3.97. The van der Waals surface area contributed by atoms with Gasteiger partial charge in [0.2, 0.25) is 0 Å². The third-order valence-corrected chi connectivity index (χ3v) is 6.80. The number of nitrogens with zero attached hydrogens (tertiary/aromatic N) is 1. The predicted octanol–water partition coefficient (Wildman–Crippen LogP) is 2.52. The van der Waals surface area contributed by atoms with E-state index in [1.54, 1.807) is 21.3 Å². The first-order valence-corrected chi connectivity index (χ1v) is 9.04. The molecule has 0 aromatic heterocycles. The number of likely N-dealkylation sites (tertiary alicyclic amines) is 1. The quantitative estimate of drug-likeness (QED) is 0.478. The van der Waals surface area contributed by atoms with Gasteiger partial charge in [-0.1, -0.05) is 19.8 Å². The Kier molecular flexibility index (Phi) is 7.40. The zero-order valence-corrected chi connectivity index (χ0v) is 13.4. The Morgan fingerprint density at radius 3 is 2.33 bits per heavy atom. The largest absolute Gasteiger partial charge is 0.501 e. The van der Waals surface area contributed by atoms with Crippen molar-refractivity contribution >= 4 is 8.80 Å². The second-order valence-electron chi connectivity index (χ2n) is 5.04. The van der Waals surface area contributed by atoms with E-state index < -0.39 is 8.80 Å². The van der Waals surface area contributed by atoms with Crippen LogP contribution in [0.2, 0.25) is 6.04 Å². The van der Waals surface area contributed by atoms with Gasteiger partial charge in [0.15, 0.2) is 0 Å². The second kappa shape index (κ2) is 8.27. The minimum absolute atomic E-state index is 0.577. The van der Waals surface area contributed by atoms with Gasteiger partial charge in [-0.2, -0.15) is 0 Å². The number of rotatable bonds is 9. The normalized spacial score (nSPS) is 21.7. The van der Waals surface area contributed by atoms with Crippen molar-refractivity contribution in [2.45, 2.75) is 51.1 Å². The maximum atomic E-state index is 5.54. The van der Waals surface area contributed by atoms with Crippen molar-refractivity contribution in [2.75, 3.05) is 34.4 Å². The summed E-state index contributed by atoms with van der Waals surface area (Å²) >= 11 is 0. The second-order valence-corrected chi connectivity index (χ2v) is 8.04. The van der Waals surface area contributed by atoms with E-state index in [0.29, 0.717) is 6.04 Å². The smallest absolute Gasteiger partial charge is 0.377 e. The topological polar surface area (TPSA) is 30.9 Å². The van der Waals surface area contributed by atoms with E-state index in [1.165, 1.54) is 45.2 Å². The molecule has 1 rings (SSSR count). The predicted molar refractivity (Wildman–Crippen MR) is 75.7 cm³/mol. The highest BCUT2D eigenvalue weighted by Gasteiger charge is 2.43. The molecule has 108 valence electrons. The zero-order chi connectivity index (χ0) is 13.4. The Bertz CT molecular complexity index is 216. The van der Waals surface area contributed by atoms with Crippen LogP contribution >= 0.6 is 0 Å². The summed E-state index contributed by atoms with van der Waals surface area (Å²) in [5.74, 6) is 0. The molecular formula is C13H29NO3Si. The van der Waals surface area contributed by atoms with Gasteiger partial charge in [0.1, 0.15) is 0 Å².